The average molecular weight is 318 g/mol. The van der Waals surface area contributed by atoms with Gasteiger partial charge in [-0.1, -0.05) is 28.1 Å². The highest BCUT2D eigenvalue weighted by molar-refractivity contribution is 9.10. The van der Waals surface area contributed by atoms with Gasteiger partial charge in [0, 0.05) is 10.2 Å². The van der Waals surface area contributed by atoms with Gasteiger partial charge in [-0.25, -0.2) is 0 Å². The average Bonchev–Trinajstić information content (AvgIpc) is 2.35. The molecule has 94 valence electrons. The lowest BCUT2D eigenvalue weighted by Crippen LogP contribution is -2.31. The van der Waals surface area contributed by atoms with Crippen molar-refractivity contribution in [1.29, 1.82) is 0 Å². The first-order valence-corrected chi connectivity index (χ1v) is 7.24. The van der Waals surface area contributed by atoms with Gasteiger partial charge in [-0.2, -0.15) is 11.8 Å². The summed E-state index contributed by atoms with van der Waals surface area (Å²) in [6.45, 7) is 0. The lowest BCUT2D eigenvalue weighted by Gasteiger charge is -2.08. The molecule has 1 rings (SSSR count). The Kier molecular flexibility index (Phi) is 6.62. The molecule has 17 heavy (non-hydrogen) atoms. The maximum absolute atomic E-state index is 11.1. The Bertz CT molecular complexity index is 356. The molecule has 0 aliphatic heterocycles. The molecular weight excluding hydrogens is 302 g/mol. The molecule has 0 heterocycles. The molecule has 5 heteroatoms. The summed E-state index contributed by atoms with van der Waals surface area (Å²) >= 11 is 5.16. The van der Waals surface area contributed by atoms with E-state index in [2.05, 4.69) is 32.8 Å². The van der Waals surface area contributed by atoms with Gasteiger partial charge in [0.15, 0.2) is 0 Å². The highest BCUT2D eigenvalue weighted by Crippen LogP contribution is 2.16. The van der Waals surface area contributed by atoms with Crippen molar-refractivity contribution < 1.29 is 9.53 Å². The Balaban J connectivity index is 2.20. The van der Waals surface area contributed by atoms with Gasteiger partial charge in [0.05, 0.1) is 7.11 Å². The van der Waals surface area contributed by atoms with Gasteiger partial charge < -0.3 is 10.5 Å². The van der Waals surface area contributed by atoms with E-state index in [0.717, 1.165) is 16.0 Å². The number of carbonyl (C=O) groups excluding carboxylic acids is 1. The van der Waals surface area contributed by atoms with Gasteiger partial charge in [-0.15, -0.1) is 0 Å². The number of benzene rings is 1. The van der Waals surface area contributed by atoms with Crippen molar-refractivity contribution in [2.45, 2.75) is 18.2 Å². The molecule has 0 saturated carbocycles. The number of halogens is 1. The quantitative estimate of drug-likeness (QED) is 0.647. The number of thioether (sulfide) groups is 1. The molecule has 3 nitrogen and oxygen atoms in total. The van der Waals surface area contributed by atoms with Crippen molar-refractivity contribution in [2.75, 3.05) is 12.9 Å². The van der Waals surface area contributed by atoms with Gasteiger partial charge in [-0.3, -0.25) is 4.79 Å². The van der Waals surface area contributed by atoms with E-state index >= 15 is 0 Å². The van der Waals surface area contributed by atoms with Crippen molar-refractivity contribution in [3.63, 3.8) is 0 Å². The number of carbonyl (C=O) groups is 1. The standard InChI is InChI=1S/C12H16BrNO2S/c1-16-12(15)11(14)6-7-17-8-9-2-4-10(13)5-3-9/h2-5,11H,6-8,14H2,1H3. The van der Waals surface area contributed by atoms with E-state index in [1.54, 1.807) is 11.8 Å². The summed E-state index contributed by atoms with van der Waals surface area (Å²) in [5, 5.41) is 0. The van der Waals surface area contributed by atoms with Crippen LogP contribution in [-0.4, -0.2) is 24.9 Å². The van der Waals surface area contributed by atoms with Crippen LogP contribution in [0.15, 0.2) is 28.7 Å². The fourth-order valence-corrected chi connectivity index (χ4v) is 2.51. The molecule has 0 aliphatic carbocycles. The van der Waals surface area contributed by atoms with Gasteiger partial charge in [0.25, 0.3) is 0 Å². The molecule has 0 aliphatic rings. The molecule has 1 atom stereocenters. The summed E-state index contributed by atoms with van der Waals surface area (Å²) in [6.07, 6.45) is 0.647. The van der Waals surface area contributed by atoms with Crippen LogP contribution >= 0.6 is 27.7 Å². The summed E-state index contributed by atoms with van der Waals surface area (Å²) in [6, 6.07) is 7.71. The second kappa shape index (κ2) is 7.74. The van der Waals surface area contributed by atoms with Crippen molar-refractivity contribution in [1.82, 2.24) is 0 Å². The van der Waals surface area contributed by atoms with Crippen LogP contribution in [0.5, 0.6) is 0 Å². The third kappa shape index (κ3) is 5.57. The van der Waals surface area contributed by atoms with Crippen molar-refractivity contribution in [2.24, 2.45) is 5.73 Å². The van der Waals surface area contributed by atoms with E-state index in [0.29, 0.717) is 6.42 Å². The molecule has 0 radical (unpaired) electrons. The van der Waals surface area contributed by atoms with Crippen LogP contribution in [0.3, 0.4) is 0 Å². The van der Waals surface area contributed by atoms with Crippen LogP contribution in [0, 0.1) is 0 Å². The van der Waals surface area contributed by atoms with Gasteiger partial charge >= 0.3 is 5.97 Å². The van der Waals surface area contributed by atoms with E-state index < -0.39 is 6.04 Å². The molecule has 0 aromatic heterocycles. The molecule has 0 spiro atoms. The Hall–Kier alpha value is -0.520. The van der Waals surface area contributed by atoms with Gasteiger partial charge in [-0.05, 0) is 29.9 Å². The number of nitrogens with two attached hydrogens (primary N) is 1. The monoisotopic (exact) mass is 317 g/mol. The number of hydrogen-bond donors (Lipinski definition) is 1. The van der Waals surface area contributed by atoms with E-state index in [4.69, 9.17) is 5.73 Å². The lowest BCUT2D eigenvalue weighted by molar-refractivity contribution is -0.142. The first kappa shape index (κ1) is 14.5. The maximum Gasteiger partial charge on any atom is 0.322 e. The van der Waals surface area contributed by atoms with E-state index in [1.807, 2.05) is 12.1 Å². The molecular formula is C12H16BrNO2S. The second-order valence-electron chi connectivity index (χ2n) is 3.60. The van der Waals surface area contributed by atoms with Crippen molar-refractivity contribution in [3.8, 4) is 0 Å². The molecule has 1 aromatic carbocycles. The Labute approximate surface area is 114 Å². The molecule has 2 N–H and O–H groups in total. The van der Waals surface area contributed by atoms with E-state index in [9.17, 15) is 4.79 Å². The van der Waals surface area contributed by atoms with Crippen LogP contribution in [0.1, 0.15) is 12.0 Å². The van der Waals surface area contributed by atoms with Crippen LogP contribution in [0.4, 0.5) is 0 Å². The fourth-order valence-electron chi connectivity index (χ4n) is 1.25. The zero-order chi connectivity index (χ0) is 12.7. The summed E-state index contributed by atoms with van der Waals surface area (Å²) in [4.78, 5) is 11.1. The molecule has 0 saturated heterocycles. The third-order valence-corrected chi connectivity index (χ3v) is 3.85. The Morgan fingerprint density at radius 2 is 2.12 bits per heavy atom. The number of hydrogen-bond acceptors (Lipinski definition) is 4. The number of esters is 1. The fraction of sp³-hybridized carbons (Fsp3) is 0.417. The summed E-state index contributed by atoms with van der Waals surface area (Å²) in [5.74, 6) is 1.45. The second-order valence-corrected chi connectivity index (χ2v) is 5.62. The number of methoxy groups -OCH3 is 1. The summed E-state index contributed by atoms with van der Waals surface area (Å²) < 4.78 is 5.64. The molecule has 0 fully saturated rings. The molecule has 0 bridgehead atoms. The topological polar surface area (TPSA) is 52.3 Å². The largest absolute Gasteiger partial charge is 0.468 e. The highest BCUT2D eigenvalue weighted by atomic mass is 79.9. The van der Waals surface area contributed by atoms with E-state index in [-0.39, 0.29) is 5.97 Å². The summed E-state index contributed by atoms with van der Waals surface area (Å²) in [5.41, 5.74) is 6.90. The zero-order valence-corrected chi connectivity index (χ0v) is 12.1. The predicted molar refractivity (Wildman–Crippen MR) is 74.9 cm³/mol. The normalized spacial score (nSPS) is 12.2. The predicted octanol–water partition coefficient (Wildman–Crippen LogP) is 2.57. The van der Waals surface area contributed by atoms with Crippen LogP contribution < -0.4 is 5.73 Å². The summed E-state index contributed by atoms with van der Waals surface area (Å²) in [7, 11) is 1.36. The third-order valence-electron chi connectivity index (χ3n) is 2.26. The van der Waals surface area contributed by atoms with Crippen LogP contribution in [-0.2, 0) is 15.3 Å². The number of ether oxygens (including phenoxy) is 1. The smallest absolute Gasteiger partial charge is 0.322 e. The minimum absolute atomic E-state index is 0.339. The van der Waals surface area contributed by atoms with Gasteiger partial charge in [0.2, 0.25) is 0 Å². The van der Waals surface area contributed by atoms with Crippen molar-refractivity contribution >= 4 is 33.7 Å². The van der Waals surface area contributed by atoms with E-state index in [1.165, 1.54) is 12.7 Å². The highest BCUT2D eigenvalue weighted by Gasteiger charge is 2.12. The first-order valence-electron chi connectivity index (χ1n) is 5.29. The molecule has 1 unspecified atom stereocenters. The van der Waals surface area contributed by atoms with Gasteiger partial charge in [0.1, 0.15) is 6.04 Å². The first-order chi connectivity index (χ1) is 8.13. The number of rotatable bonds is 6. The van der Waals surface area contributed by atoms with Crippen molar-refractivity contribution in [3.05, 3.63) is 34.3 Å². The minimum atomic E-state index is -0.502. The SMILES string of the molecule is COC(=O)C(N)CCSCc1ccc(Br)cc1. The minimum Gasteiger partial charge on any atom is -0.468 e. The molecule has 1 aromatic rings. The maximum atomic E-state index is 11.1. The Morgan fingerprint density at radius 1 is 1.47 bits per heavy atom. The molecule has 0 amide bonds. The Morgan fingerprint density at radius 3 is 2.71 bits per heavy atom. The van der Waals surface area contributed by atoms with Crippen LogP contribution in [0.2, 0.25) is 0 Å². The zero-order valence-electron chi connectivity index (χ0n) is 9.69. The van der Waals surface area contributed by atoms with Crippen LogP contribution in [0.25, 0.3) is 0 Å². The lowest BCUT2D eigenvalue weighted by atomic mass is 10.2.